The van der Waals surface area contributed by atoms with Gasteiger partial charge in [0.1, 0.15) is 17.2 Å². The van der Waals surface area contributed by atoms with E-state index in [1.807, 2.05) is 96.1 Å². The molecule has 0 fully saturated rings. The Balaban J connectivity index is 0.000000639. The summed E-state index contributed by atoms with van der Waals surface area (Å²) in [6.45, 7) is 20.6. The van der Waals surface area contributed by atoms with E-state index in [0.717, 1.165) is 18.6 Å². The lowest BCUT2D eigenvalue weighted by Crippen LogP contribution is -2.18. The summed E-state index contributed by atoms with van der Waals surface area (Å²) in [4.78, 5) is 0. The van der Waals surface area contributed by atoms with E-state index >= 15 is 0 Å². The van der Waals surface area contributed by atoms with Crippen LogP contribution in [0.1, 0.15) is 77.6 Å². The lowest BCUT2D eigenvalue weighted by Gasteiger charge is -2.26. The van der Waals surface area contributed by atoms with Gasteiger partial charge in [-0.1, -0.05) is 106 Å². The van der Waals surface area contributed by atoms with Crippen molar-refractivity contribution in [2.24, 2.45) is 0 Å². The molecule has 0 unspecified atom stereocenters. The maximum absolute atomic E-state index is 9.40. The largest absolute Gasteiger partial charge is 0.508 e. The normalized spacial score (nSPS) is 9.95. The minimum Gasteiger partial charge on any atom is -0.508 e. The Hall–Kier alpha value is -3.76. The molecule has 4 aromatic rings. The molecule has 4 rings (SSSR count). The second kappa shape index (κ2) is 21.0. The molecular weight excluding hydrogens is 520 g/mol. The first kappa shape index (κ1) is 38.2. The van der Waals surface area contributed by atoms with E-state index < -0.39 is 0 Å². The smallest absolute Gasteiger partial charge is 0.119 e. The van der Waals surface area contributed by atoms with Crippen LogP contribution in [0.25, 0.3) is 0 Å². The maximum atomic E-state index is 9.40. The first-order valence-corrected chi connectivity index (χ1v) is 14.7. The number of hydrogen-bond donors (Lipinski definition) is 2. The molecular formula is C38H54O4. The van der Waals surface area contributed by atoms with E-state index in [-0.39, 0.29) is 17.6 Å². The van der Waals surface area contributed by atoms with Gasteiger partial charge in [0.05, 0.1) is 12.2 Å². The fourth-order valence-electron chi connectivity index (χ4n) is 3.69. The third kappa shape index (κ3) is 15.3. The Morgan fingerprint density at radius 2 is 0.857 bits per heavy atom. The molecule has 42 heavy (non-hydrogen) atoms. The second-order valence-corrected chi connectivity index (χ2v) is 10.5. The molecule has 0 aliphatic rings. The number of ether oxygens (including phenoxy) is 2. The number of aromatic hydroxyl groups is 1. The van der Waals surface area contributed by atoms with Crippen LogP contribution in [0, 0.1) is 13.8 Å². The van der Waals surface area contributed by atoms with E-state index in [9.17, 15) is 5.11 Å². The third-order valence-corrected chi connectivity index (χ3v) is 5.87. The number of phenolic OH excluding ortho intramolecular Hbond substituents is 1. The first-order valence-electron chi connectivity index (χ1n) is 14.7. The van der Waals surface area contributed by atoms with Crippen molar-refractivity contribution < 1.29 is 19.7 Å². The van der Waals surface area contributed by atoms with Gasteiger partial charge in [-0.2, -0.15) is 0 Å². The van der Waals surface area contributed by atoms with Crippen LogP contribution in [0.5, 0.6) is 17.2 Å². The second-order valence-electron chi connectivity index (χ2n) is 10.5. The first-order chi connectivity index (χ1) is 20.0. The Kier molecular flexibility index (Phi) is 19.1. The van der Waals surface area contributed by atoms with E-state index in [0.29, 0.717) is 5.75 Å². The molecule has 0 saturated carbocycles. The van der Waals surface area contributed by atoms with Crippen LogP contribution < -0.4 is 9.47 Å². The Labute approximate surface area is 256 Å². The highest BCUT2D eigenvalue weighted by atomic mass is 16.5. The molecule has 0 spiro atoms. The van der Waals surface area contributed by atoms with Gasteiger partial charge in [-0.15, -0.1) is 0 Å². The van der Waals surface area contributed by atoms with Crippen LogP contribution in [0.3, 0.4) is 0 Å². The van der Waals surface area contributed by atoms with Crippen molar-refractivity contribution in [1.29, 1.82) is 0 Å². The van der Waals surface area contributed by atoms with Gasteiger partial charge in [0.15, 0.2) is 0 Å². The van der Waals surface area contributed by atoms with Crippen molar-refractivity contribution in [1.82, 2.24) is 0 Å². The Morgan fingerprint density at radius 3 is 1.19 bits per heavy atom. The predicted octanol–water partition coefficient (Wildman–Crippen LogP) is 9.92. The number of aryl methyl sites for hydroxylation is 2. The summed E-state index contributed by atoms with van der Waals surface area (Å²) in [5.74, 6) is 2.14. The molecule has 0 aliphatic heterocycles. The van der Waals surface area contributed by atoms with E-state index in [1.165, 1.54) is 22.3 Å². The van der Waals surface area contributed by atoms with Crippen molar-refractivity contribution in [3.8, 4) is 17.2 Å². The molecule has 0 atom stereocenters. The number of hydrogen-bond acceptors (Lipinski definition) is 4. The maximum Gasteiger partial charge on any atom is 0.119 e. The van der Waals surface area contributed by atoms with Crippen molar-refractivity contribution >= 4 is 0 Å². The van der Waals surface area contributed by atoms with Gasteiger partial charge in [-0.3, -0.25) is 0 Å². The van der Waals surface area contributed by atoms with Gasteiger partial charge in [-0.25, -0.2) is 0 Å². The fraction of sp³-hybridized carbons (Fsp3) is 0.368. The topological polar surface area (TPSA) is 58.9 Å². The Morgan fingerprint density at radius 1 is 0.524 bits per heavy atom. The zero-order valence-corrected chi connectivity index (χ0v) is 27.7. The summed E-state index contributed by atoms with van der Waals surface area (Å²) < 4.78 is 11.1. The highest BCUT2D eigenvalue weighted by molar-refractivity contribution is 5.41. The average Bonchev–Trinajstić information content (AvgIpc) is 2.97. The number of aliphatic hydroxyl groups excluding tert-OH is 1. The highest BCUT2D eigenvalue weighted by Gasteiger charge is 2.23. The molecule has 0 bridgehead atoms. The molecule has 0 saturated heterocycles. The lowest BCUT2D eigenvalue weighted by molar-refractivity contribution is 0.242. The quantitative estimate of drug-likeness (QED) is 0.241. The molecule has 4 aromatic carbocycles. The molecule has 0 aromatic heterocycles. The molecule has 0 heterocycles. The van der Waals surface area contributed by atoms with Crippen LogP contribution in [0.4, 0.5) is 0 Å². The van der Waals surface area contributed by atoms with Crippen LogP contribution >= 0.6 is 0 Å². The van der Waals surface area contributed by atoms with Crippen LogP contribution in [0.2, 0.25) is 0 Å². The van der Waals surface area contributed by atoms with Crippen LogP contribution in [-0.4, -0.2) is 29.5 Å². The van der Waals surface area contributed by atoms with Crippen molar-refractivity contribution in [2.75, 3.05) is 7.11 Å². The summed E-state index contributed by atoms with van der Waals surface area (Å²) >= 11 is 0. The van der Waals surface area contributed by atoms with E-state index in [2.05, 4.69) is 64.1 Å². The van der Waals surface area contributed by atoms with Gasteiger partial charge >= 0.3 is 0 Å². The SMILES string of the molecule is CC.CC(C)Oc1ccc(C(C)(C)c2ccc(O)cc2)cc1.CO.Cc1ccc(OC(C)C)cc1.Cc1ccccc1. The van der Waals surface area contributed by atoms with Gasteiger partial charge < -0.3 is 19.7 Å². The minimum absolute atomic E-state index is 0.107. The highest BCUT2D eigenvalue weighted by Crippen LogP contribution is 2.33. The standard InChI is InChI=1S/C18H22O2.C10H14O.C7H8.C2H6.CH4O/c1-13(2)20-17-11-7-15(8-12-17)18(3,4)14-5-9-16(19)10-6-14;1-8(2)11-10-6-4-9(3)5-7-10;1-7-5-3-2-4-6-7;2*1-2/h5-13,19H,1-4H3;4-8H,1-3H3;2-6H,1H3;1-2H3;2H,1H3. The van der Waals surface area contributed by atoms with E-state index in [1.54, 1.807) is 12.1 Å². The predicted molar refractivity (Wildman–Crippen MR) is 180 cm³/mol. The molecule has 2 N–H and O–H groups in total. The summed E-state index contributed by atoms with van der Waals surface area (Å²) in [6.07, 6.45) is 0.448. The molecule has 0 amide bonds. The van der Waals surface area contributed by atoms with Gasteiger partial charge in [0.2, 0.25) is 0 Å². The van der Waals surface area contributed by atoms with Crippen LogP contribution in [-0.2, 0) is 5.41 Å². The molecule has 4 nitrogen and oxygen atoms in total. The fourth-order valence-corrected chi connectivity index (χ4v) is 3.69. The summed E-state index contributed by atoms with van der Waals surface area (Å²) in [6, 6.07) is 34.0. The monoisotopic (exact) mass is 574 g/mol. The van der Waals surface area contributed by atoms with Gasteiger partial charge in [0.25, 0.3) is 0 Å². The molecule has 4 heteroatoms. The summed E-state index contributed by atoms with van der Waals surface area (Å²) in [5, 5.41) is 16.4. The molecule has 230 valence electrons. The summed E-state index contributed by atoms with van der Waals surface area (Å²) in [5.41, 5.74) is 4.88. The van der Waals surface area contributed by atoms with Crippen molar-refractivity contribution in [3.63, 3.8) is 0 Å². The third-order valence-electron chi connectivity index (χ3n) is 5.87. The van der Waals surface area contributed by atoms with E-state index in [4.69, 9.17) is 14.6 Å². The lowest BCUT2D eigenvalue weighted by atomic mass is 9.78. The zero-order valence-electron chi connectivity index (χ0n) is 27.7. The zero-order chi connectivity index (χ0) is 32.1. The molecule has 0 radical (unpaired) electrons. The number of phenols is 1. The summed E-state index contributed by atoms with van der Waals surface area (Å²) in [7, 11) is 1.00. The van der Waals surface area contributed by atoms with Crippen LogP contribution in [0.15, 0.2) is 103 Å². The number of aliphatic hydroxyl groups is 1. The average molecular weight is 575 g/mol. The number of benzene rings is 4. The Bertz CT molecular complexity index is 1180. The molecule has 0 aliphatic carbocycles. The minimum atomic E-state index is -0.107. The van der Waals surface area contributed by atoms with Gasteiger partial charge in [-0.05, 0) is 89.1 Å². The van der Waals surface area contributed by atoms with Gasteiger partial charge in [0, 0.05) is 12.5 Å². The number of rotatable bonds is 6. The van der Waals surface area contributed by atoms with Crippen molar-refractivity contribution in [2.45, 2.75) is 86.9 Å². The van der Waals surface area contributed by atoms with Crippen molar-refractivity contribution in [3.05, 3.63) is 125 Å².